The summed E-state index contributed by atoms with van der Waals surface area (Å²) in [5.41, 5.74) is 0.595. The fourth-order valence-corrected chi connectivity index (χ4v) is 2.19. The average molecular weight is 308 g/mol. The molecule has 112 valence electrons. The lowest BCUT2D eigenvalue weighted by Gasteiger charge is -2.17. The van der Waals surface area contributed by atoms with E-state index in [4.69, 9.17) is 20.8 Å². The number of benzene rings is 1. The summed E-state index contributed by atoms with van der Waals surface area (Å²) < 4.78 is 11.0. The third kappa shape index (κ3) is 4.02. The summed E-state index contributed by atoms with van der Waals surface area (Å²) in [6.45, 7) is 4.50. The second kappa shape index (κ2) is 6.68. The summed E-state index contributed by atoms with van der Waals surface area (Å²) in [4.78, 5) is 13.9. The maximum Gasteiger partial charge on any atom is 0.257 e. The van der Waals surface area contributed by atoms with Gasteiger partial charge in [0.2, 0.25) is 0 Å². The van der Waals surface area contributed by atoms with Gasteiger partial charge in [-0.15, -0.1) is 0 Å². The van der Waals surface area contributed by atoms with Crippen LogP contribution in [0.3, 0.4) is 0 Å². The third-order valence-electron chi connectivity index (χ3n) is 3.11. The van der Waals surface area contributed by atoms with E-state index in [1.165, 1.54) is 0 Å². The van der Waals surface area contributed by atoms with Gasteiger partial charge in [-0.3, -0.25) is 4.79 Å². The Morgan fingerprint density at radius 3 is 2.71 bits per heavy atom. The molecule has 2 rings (SSSR count). The quantitative estimate of drug-likeness (QED) is 0.846. The highest BCUT2D eigenvalue weighted by Crippen LogP contribution is 2.18. The average Bonchev–Trinajstić information content (AvgIpc) is 2.77. The summed E-state index contributed by atoms with van der Waals surface area (Å²) in [6, 6.07) is 8.94. The second-order valence-electron chi connectivity index (χ2n) is 4.86. The van der Waals surface area contributed by atoms with E-state index in [9.17, 15) is 4.79 Å². The lowest BCUT2D eigenvalue weighted by molar-refractivity contribution is 0.0772. The molecule has 0 fully saturated rings. The van der Waals surface area contributed by atoms with E-state index < -0.39 is 0 Å². The van der Waals surface area contributed by atoms with Gasteiger partial charge in [-0.25, -0.2) is 0 Å². The molecule has 0 unspecified atom stereocenters. The molecule has 21 heavy (non-hydrogen) atoms. The molecule has 0 aliphatic carbocycles. The minimum absolute atomic E-state index is 0.0703. The van der Waals surface area contributed by atoms with Crippen LogP contribution in [-0.4, -0.2) is 31.0 Å². The number of amides is 1. The Hall–Kier alpha value is -1.94. The molecule has 5 heteroatoms. The van der Waals surface area contributed by atoms with Crippen molar-refractivity contribution in [2.24, 2.45) is 0 Å². The van der Waals surface area contributed by atoms with Crippen molar-refractivity contribution in [2.75, 3.05) is 20.2 Å². The van der Waals surface area contributed by atoms with E-state index in [1.807, 2.05) is 19.1 Å². The summed E-state index contributed by atoms with van der Waals surface area (Å²) in [6.07, 6.45) is 0. The van der Waals surface area contributed by atoms with Crippen molar-refractivity contribution in [1.29, 1.82) is 0 Å². The lowest BCUT2D eigenvalue weighted by atomic mass is 10.2. The van der Waals surface area contributed by atoms with E-state index in [2.05, 4.69) is 0 Å². The number of rotatable bonds is 5. The maximum absolute atomic E-state index is 12.3. The van der Waals surface area contributed by atoms with Crippen LogP contribution in [-0.2, 0) is 0 Å². The fraction of sp³-hybridized carbons (Fsp3) is 0.312. The molecule has 0 spiro atoms. The predicted molar refractivity (Wildman–Crippen MR) is 82.1 cm³/mol. The van der Waals surface area contributed by atoms with Crippen LogP contribution in [0.25, 0.3) is 0 Å². The molecule has 1 amide bonds. The van der Waals surface area contributed by atoms with Crippen molar-refractivity contribution in [2.45, 2.75) is 13.8 Å². The van der Waals surface area contributed by atoms with Gasteiger partial charge in [-0.2, -0.15) is 0 Å². The Kier molecular flexibility index (Phi) is 4.91. The fourth-order valence-electron chi connectivity index (χ4n) is 2.01. The van der Waals surface area contributed by atoms with Gasteiger partial charge in [-0.1, -0.05) is 17.7 Å². The van der Waals surface area contributed by atoms with Crippen LogP contribution in [0.5, 0.6) is 5.75 Å². The first-order chi connectivity index (χ1) is 9.97. The highest BCUT2D eigenvalue weighted by Gasteiger charge is 2.17. The molecule has 1 aromatic heterocycles. The number of hydrogen-bond acceptors (Lipinski definition) is 3. The van der Waals surface area contributed by atoms with Crippen LogP contribution >= 0.6 is 11.6 Å². The monoisotopic (exact) mass is 307 g/mol. The molecule has 0 atom stereocenters. The number of ether oxygens (including phenoxy) is 1. The predicted octanol–water partition coefficient (Wildman–Crippen LogP) is 3.70. The van der Waals surface area contributed by atoms with Crippen LogP contribution < -0.4 is 4.74 Å². The lowest BCUT2D eigenvalue weighted by Crippen LogP contribution is -2.31. The molecule has 0 aliphatic heterocycles. The topological polar surface area (TPSA) is 42.7 Å². The van der Waals surface area contributed by atoms with E-state index in [-0.39, 0.29) is 5.91 Å². The molecule has 1 aromatic carbocycles. The zero-order valence-corrected chi connectivity index (χ0v) is 13.1. The molecule has 0 saturated heterocycles. The first kappa shape index (κ1) is 15.4. The molecular formula is C16H18ClNO3. The largest absolute Gasteiger partial charge is 0.492 e. The van der Waals surface area contributed by atoms with E-state index in [0.29, 0.717) is 35.2 Å². The Labute approximate surface area is 129 Å². The number of aryl methyl sites for hydroxylation is 2. The Morgan fingerprint density at radius 2 is 2.10 bits per heavy atom. The highest BCUT2D eigenvalue weighted by atomic mass is 35.5. The summed E-state index contributed by atoms with van der Waals surface area (Å²) in [7, 11) is 1.74. The molecular weight excluding hydrogens is 290 g/mol. The van der Waals surface area contributed by atoms with Crippen LogP contribution in [0.2, 0.25) is 5.02 Å². The molecule has 1 heterocycles. The highest BCUT2D eigenvalue weighted by molar-refractivity contribution is 6.30. The molecule has 4 nitrogen and oxygen atoms in total. The van der Waals surface area contributed by atoms with Gasteiger partial charge in [0.15, 0.2) is 0 Å². The Bertz CT molecular complexity index is 636. The number of furan rings is 1. The minimum Gasteiger partial charge on any atom is -0.492 e. The second-order valence-corrected chi connectivity index (χ2v) is 5.30. The van der Waals surface area contributed by atoms with Crippen molar-refractivity contribution in [1.82, 2.24) is 4.90 Å². The molecule has 2 aromatic rings. The van der Waals surface area contributed by atoms with Gasteiger partial charge in [0.25, 0.3) is 5.91 Å². The van der Waals surface area contributed by atoms with Crippen molar-refractivity contribution < 1.29 is 13.9 Å². The summed E-state index contributed by atoms with van der Waals surface area (Å²) >= 11 is 5.88. The smallest absolute Gasteiger partial charge is 0.257 e. The van der Waals surface area contributed by atoms with Gasteiger partial charge in [0.1, 0.15) is 23.9 Å². The molecule has 0 aliphatic rings. The van der Waals surface area contributed by atoms with Crippen LogP contribution in [0.15, 0.2) is 34.7 Å². The molecule has 0 radical (unpaired) electrons. The number of carbonyl (C=O) groups excluding carboxylic acids is 1. The van der Waals surface area contributed by atoms with Gasteiger partial charge < -0.3 is 14.1 Å². The van der Waals surface area contributed by atoms with E-state index in [1.54, 1.807) is 37.1 Å². The first-order valence-electron chi connectivity index (χ1n) is 6.68. The van der Waals surface area contributed by atoms with Gasteiger partial charge >= 0.3 is 0 Å². The van der Waals surface area contributed by atoms with E-state index >= 15 is 0 Å². The standard InChI is InChI=1S/C16H18ClNO3/c1-11-9-15(12(2)21-11)16(19)18(3)7-8-20-14-6-4-5-13(17)10-14/h4-6,9-10H,7-8H2,1-3H3. The maximum atomic E-state index is 12.3. The number of hydrogen-bond donors (Lipinski definition) is 0. The van der Waals surface area contributed by atoms with Crippen LogP contribution in [0.1, 0.15) is 21.9 Å². The number of nitrogens with zero attached hydrogens (tertiary/aromatic N) is 1. The Balaban J connectivity index is 1.88. The zero-order valence-electron chi connectivity index (χ0n) is 12.4. The zero-order chi connectivity index (χ0) is 15.4. The van der Waals surface area contributed by atoms with E-state index in [0.717, 1.165) is 5.76 Å². The van der Waals surface area contributed by atoms with Gasteiger partial charge in [-0.05, 0) is 38.1 Å². The molecule has 0 bridgehead atoms. The van der Waals surface area contributed by atoms with Crippen LogP contribution in [0, 0.1) is 13.8 Å². The first-order valence-corrected chi connectivity index (χ1v) is 7.06. The van der Waals surface area contributed by atoms with Gasteiger partial charge in [0, 0.05) is 12.1 Å². The SMILES string of the molecule is Cc1cc(C(=O)N(C)CCOc2cccc(Cl)c2)c(C)o1. The molecule has 0 saturated carbocycles. The van der Waals surface area contributed by atoms with Crippen molar-refractivity contribution in [3.8, 4) is 5.75 Å². The molecule has 0 N–H and O–H groups in total. The normalized spacial score (nSPS) is 10.5. The number of likely N-dealkylation sites (N-methyl/N-ethyl adjacent to an activating group) is 1. The third-order valence-corrected chi connectivity index (χ3v) is 3.34. The van der Waals surface area contributed by atoms with Crippen LogP contribution in [0.4, 0.5) is 0 Å². The Morgan fingerprint density at radius 1 is 1.33 bits per heavy atom. The minimum atomic E-state index is -0.0703. The van der Waals surface area contributed by atoms with Gasteiger partial charge in [0.05, 0.1) is 12.1 Å². The van der Waals surface area contributed by atoms with Crippen molar-refractivity contribution >= 4 is 17.5 Å². The van der Waals surface area contributed by atoms with Crippen molar-refractivity contribution in [3.63, 3.8) is 0 Å². The number of halogens is 1. The summed E-state index contributed by atoms with van der Waals surface area (Å²) in [5, 5.41) is 0.626. The van der Waals surface area contributed by atoms with Crippen molar-refractivity contribution in [3.05, 3.63) is 52.4 Å². The number of carbonyl (C=O) groups is 1. The summed E-state index contributed by atoms with van der Waals surface area (Å²) in [5.74, 6) is 2.00.